The van der Waals surface area contributed by atoms with E-state index in [4.69, 9.17) is 21.1 Å². The molecule has 1 unspecified atom stereocenters. The third-order valence-corrected chi connectivity index (χ3v) is 7.02. The van der Waals surface area contributed by atoms with Crippen LogP contribution in [-0.4, -0.2) is 33.1 Å². The lowest BCUT2D eigenvalue weighted by atomic mass is 9.88. The van der Waals surface area contributed by atoms with Gasteiger partial charge in [-0.05, 0) is 61.6 Å². The second-order valence-corrected chi connectivity index (χ2v) is 9.80. The van der Waals surface area contributed by atoms with E-state index in [-0.39, 0.29) is 29.6 Å². The van der Waals surface area contributed by atoms with Crippen molar-refractivity contribution >= 4 is 23.6 Å². The molecule has 1 fully saturated rings. The molecule has 11 heteroatoms. The largest absolute Gasteiger partial charge is 0.476 e. The molecule has 0 bridgehead atoms. The number of hydrogen-bond donors (Lipinski definition) is 5. The molecule has 3 heterocycles. The highest BCUT2D eigenvalue weighted by Crippen LogP contribution is 2.32. The molecule has 198 valence electrons. The average molecular weight is 539 g/mol. The van der Waals surface area contributed by atoms with Crippen molar-refractivity contribution in [3.05, 3.63) is 101 Å². The van der Waals surface area contributed by atoms with Crippen LogP contribution < -0.4 is 21.3 Å². The van der Waals surface area contributed by atoms with Gasteiger partial charge in [0, 0.05) is 36.6 Å². The van der Waals surface area contributed by atoms with Crippen LogP contribution in [-0.2, 0) is 12.2 Å². The number of hydrogen-bond acceptors (Lipinski definition) is 8. The van der Waals surface area contributed by atoms with Crippen LogP contribution in [0, 0.1) is 5.82 Å². The minimum Gasteiger partial charge on any atom is -0.476 e. The zero-order valence-electron chi connectivity index (χ0n) is 20.5. The van der Waals surface area contributed by atoms with Gasteiger partial charge in [0.15, 0.2) is 5.69 Å². The van der Waals surface area contributed by atoms with Crippen molar-refractivity contribution in [1.29, 1.82) is 0 Å². The molecule has 1 aliphatic heterocycles. The van der Waals surface area contributed by atoms with E-state index in [1.807, 2.05) is 30.4 Å². The minimum absolute atomic E-state index is 0.118. The van der Waals surface area contributed by atoms with Gasteiger partial charge >= 0.3 is 5.97 Å². The van der Waals surface area contributed by atoms with E-state index in [1.165, 1.54) is 12.1 Å². The third kappa shape index (κ3) is 5.98. The van der Waals surface area contributed by atoms with Gasteiger partial charge in [0.05, 0.1) is 5.02 Å². The van der Waals surface area contributed by atoms with E-state index < -0.39 is 11.6 Å². The molecule has 9 nitrogen and oxygen atoms in total. The number of carbonyl (C=O) groups is 1. The number of allylic oxidation sites excluding steroid dienone is 2. The molecule has 38 heavy (non-hydrogen) atoms. The van der Waals surface area contributed by atoms with Gasteiger partial charge in [-0.25, -0.2) is 9.18 Å². The number of rotatable bonds is 9. The van der Waals surface area contributed by atoms with Crippen LogP contribution in [0.25, 0.3) is 0 Å². The Morgan fingerprint density at radius 2 is 2.05 bits per heavy atom. The number of aromatic nitrogens is 2. The smallest absolute Gasteiger partial charge is 0.357 e. The Labute approximate surface area is 224 Å². The molecule has 0 spiro atoms. The Kier molecular flexibility index (Phi) is 7.62. The number of oxazole rings is 1. The second kappa shape index (κ2) is 11.2. The zero-order chi connectivity index (χ0) is 26.5. The summed E-state index contributed by atoms with van der Waals surface area (Å²) in [5, 5.41) is 23.5. The Morgan fingerprint density at radius 3 is 2.79 bits per heavy atom. The Bertz CT molecular complexity index is 1350. The highest BCUT2D eigenvalue weighted by Gasteiger charge is 2.37. The predicted octanol–water partition coefficient (Wildman–Crippen LogP) is 4.52. The normalized spacial score (nSPS) is 22.8. The fourth-order valence-electron chi connectivity index (χ4n) is 4.86. The quantitative estimate of drug-likeness (QED) is 0.267. The lowest BCUT2D eigenvalue weighted by molar-refractivity contribution is 0.0690. The van der Waals surface area contributed by atoms with Crippen LogP contribution in [0.15, 0.2) is 77.5 Å². The highest BCUT2D eigenvalue weighted by molar-refractivity contribution is 6.31. The molecule has 0 saturated heterocycles. The maximum atomic E-state index is 13.6. The molecule has 1 aliphatic carbocycles. The SMILES string of the molecule is O=C(O)c1coc(NC2CCC(NC3(c4ccncc4Cl)C=CC=C(NCc4cccc(F)c4)N3)CC2)n1. The summed E-state index contributed by atoms with van der Waals surface area (Å²) in [6.07, 6.45) is 13.8. The summed E-state index contributed by atoms with van der Waals surface area (Å²) in [4.78, 5) is 19.2. The van der Waals surface area contributed by atoms with E-state index in [1.54, 1.807) is 18.5 Å². The minimum atomic E-state index is -1.12. The van der Waals surface area contributed by atoms with Crippen LogP contribution in [0.5, 0.6) is 0 Å². The number of carboxylic acid groups (broad SMARTS) is 1. The number of nitrogens with zero attached hydrogens (tertiary/aromatic N) is 2. The van der Waals surface area contributed by atoms with Crippen molar-refractivity contribution in [2.24, 2.45) is 0 Å². The number of halogens is 2. The van der Waals surface area contributed by atoms with E-state index in [0.717, 1.165) is 48.9 Å². The van der Waals surface area contributed by atoms with Crippen LogP contribution in [0.4, 0.5) is 10.4 Å². The molecule has 1 aromatic carbocycles. The van der Waals surface area contributed by atoms with Gasteiger partial charge in [0.25, 0.3) is 6.01 Å². The zero-order valence-corrected chi connectivity index (χ0v) is 21.2. The predicted molar refractivity (Wildman–Crippen MR) is 141 cm³/mol. The first-order valence-electron chi connectivity index (χ1n) is 12.4. The lowest BCUT2D eigenvalue weighted by Crippen LogP contribution is -2.58. The van der Waals surface area contributed by atoms with E-state index in [2.05, 4.69) is 31.2 Å². The summed E-state index contributed by atoms with van der Waals surface area (Å²) in [6, 6.07) is 8.87. The number of aromatic carboxylic acids is 1. The van der Waals surface area contributed by atoms with E-state index in [0.29, 0.717) is 11.6 Å². The fraction of sp³-hybridized carbons (Fsp3) is 0.296. The molecule has 5 N–H and O–H groups in total. The number of benzene rings is 1. The first-order valence-corrected chi connectivity index (χ1v) is 12.8. The molecule has 5 rings (SSSR count). The molecule has 0 radical (unpaired) electrons. The summed E-state index contributed by atoms with van der Waals surface area (Å²) in [5.74, 6) is -0.628. The van der Waals surface area contributed by atoms with Crippen molar-refractivity contribution in [2.45, 2.75) is 50.0 Å². The third-order valence-electron chi connectivity index (χ3n) is 6.72. The number of nitrogens with one attached hydrogen (secondary N) is 4. The van der Waals surface area contributed by atoms with Crippen molar-refractivity contribution in [2.75, 3.05) is 5.32 Å². The first-order chi connectivity index (χ1) is 18.4. The van der Waals surface area contributed by atoms with Gasteiger partial charge in [0.1, 0.15) is 23.6 Å². The topological polar surface area (TPSA) is 124 Å². The van der Waals surface area contributed by atoms with Crippen LogP contribution in [0.2, 0.25) is 5.02 Å². The van der Waals surface area contributed by atoms with Crippen molar-refractivity contribution in [3.8, 4) is 0 Å². The van der Waals surface area contributed by atoms with E-state index >= 15 is 0 Å². The van der Waals surface area contributed by atoms with Crippen LogP contribution in [0.3, 0.4) is 0 Å². The lowest BCUT2D eigenvalue weighted by Gasteiger charge is -2.42. The molecule has 1 atom stereocenters. The first kappa shape index (κ1) is 25.7. The summed E-state index contributed by atoms with van der Waals surface area (Å²) < 4.78 is 18.9. The molecule has 2 aromatic heterocycles. The monoisotopic (exact) mass is 538 g/mol. The number of dihydropyridines is 1. The average Bonchev–Trinajstić information content (AvgIpc) is 3.38. The van der Waals surface area contributed by atoms with Crippen LogP contribution >= 0.6 is 11.6 Å². The fourth-order valence-corrected chi connectivity index (χ4v) is 5.13. The molecule has 0 amide bonds. The molecule has 1 saturated carbocycles. The summed E-state index contributed by atoms with van der Waals surface area (Å²) in [7, 11) is 0. The molecular weight excluding hydrogens is 511 g/mol. The summed E-state index contributed by atoms with van der Waals surface area (Å²) >= 11 is 6.61. The summed E-state index contributed by atoms with van der Waals surface area (Å²) in [6.45, 7) is 0.450. The van der Waals surface area contributed by atoms with Gasteiger partial charge in [0.2, 0.25) is 0 Å². The number of pyridine rings is 1. The van der Waals surface area contributed by atoms with E-state index in [9.17, 15) is 9.18 Å². The standard InChI is InChI=1S/C27H28ClFN6O3/c28-22-15-30-12-10-21(22)27(11-2-5-24(35-27)31-14-17-3-1-4-18(29)13-17)34-20-8-6-19(7-9-20)32-26-33-23(16-38-26)25(36)37/h1-5,10-13,15-16,19-20,31,34-35H,6-9,14H2,(H,32,33)(H,36,37). The highest BCUT2D eigenvalue weighted by atomic mass is 35.5. The van der Waals surface area contributed by atoms with Gasteiger partial charge in [-0.2, -0.15) is 4.98 Å². The molecular formula is C27H28ClFN6O3. The maximum Gasteiger partial charge on any atom is 0.357 e. The van der Waals surface area contributed by atoms with Crippen molar-refractivity contribution in [3.63, 3.8) is 0 Å². The molecule has 2 aliphatic rings. The number of anilines is 1. The Morgan fingerprint density at radius 1 is 1.24 bits per heavy atom. The Hall–Kier alpha value is -3.89. The van der Waals surface area contributed by atoms with Gasteiger partial charge in [-0.1, -0.05) is 29.8 Å². The summed E-state index contributed by atoms with van der Waals surface area (Å²) in [5.41, 5.74) is 0.757. The van der Waals surface area contributed by atoms with Crippen LogP contribution in [0.1, 0.15) is 47.3 Å². The molecule has 3 aromatic rings. The van der Waals surface area contributed by atoms with Gasteiger partial charge in [-0.15, -0.1) is 0 Å². The maximum absolute atomic E-state index is 13.6. The Balaban J connectivity index is 1.26. The number of carboxylic acids is 1. The van der Waals surface area contributed by atoms with Crippen molar-refractivity contribution < 1.29 is 18.7 Å². The van der Waals surface area contributed by atoms with Gasteiger partial charge < -0.3 is 25.5 Å². The van der Waals surface area contributed by atoms with Gasteiger partial charge in [-0.3, -0.25) is 10.3 Å². The second-order valence-electron chi connectivity index (χ2n) is 9.39. The van der Waals surface area contributed by atoms with Crippen molar-refractivity contribution in [1.82, 2.24) is 25.9 Å².